The average Bonchev–Trinajstić information content (AvgIpc) is 3.21. The smallest absolute Gasteiger partial charge is 0.255 e. The third-order valence-corrected chi connectivity index (χ3v) is 8.14. The quantitative estimate of drug-likeness (QED) is 0.0573. The monoisotopic (exact) mass is 745 g/mol. The van der Waals surface area contributed by atoms with Crippen LogP contribution in [-0.2, 0) is 4.79 Å². The Kier molecular flexibility index (Phi) is 13.6. The third kappa shape index (κ3) is 11.2. The predicted molar refractivity (Wildman–Crippen MR) is 206 cm³/mol. The highest BCUT2D eigenvalue weighted by molar-refractivity contribution is 5.94. The van der Waals surface area contributed by atoms with Crippen LogP contribution >= 0.6 is 0 Å². The van der Waals surface area contributed by atoms with Crippen LogP contribution in [0.25, 0.3) is 11.4 Å². The first-order valence-corrected chi connectivity index (χ1v) is 17.2. The zero-order valence-electron chi connectivity index (χ0n) is 31.1. The molecule has 0 aliphatic heterocycles. The molecule has 5 aromatic rings. The standard InChI is InChI=1S/C38H40N12O5/c1-25-41-47-37(48-42-25)26-8-10-27(11-9-26)38(52)40-21-20-39-36(51)7-6-22-49(2)30-16-12-28(13-17-30)43-45-32-23-35(55-5)33(24-34(32)54-4)46-44-29-14-18-31(19-15-29)50(3)53/h8-19,23-24H,6-7,20-22H2,1-5H3,(H-,39,40,51,52)/p+1. The van der Waals surface area contributed by atoms with Gasteiger partial charge in [0, 0.05) is 83.8 Å². The summed E-state index contributed by atoms with van der Waals surface area (Å²) in [6.45, 7) is 2.97. The van der Waals surface area contributed by atoms with Gasteiger partial charge in [-0.25, -0.2) is 0 Å². The summed E-state index contributed by atoms with van der Waals surface area (Å²) in [5.74, 6) is 1.37. The number of hydrogen-bond donors (Lipinski definition) is 2. The van der Waals surface area contributed by atoms with Crippen LogP contribution in [-0.4, -0.2) is 84.9 Å². The lowest BCUT2D eigenvalue weighted by Gasteiger charge is -2.19. The first kappa shape index (κ1) is 39.2. The summed E-state index contributed by atoms with van der Waals surface area (Å²) in [4.78, 5) is 38.4. The number of azo groups is 2. The normalized spacial score (nSPS) is 11.1. The van der Waals surface area contributed by atoms with Crippen molar-refractivity contribution < 1.29 is 23.8 Å². The Hall–Kier alpha value is -7.04. The van der Waals surface area contributed by atoms with E-state index < -0.39 is 0 Å². The maximum absolute atomic E-state index is 12.5. The third-order valence-electron chi connectivity index (χ3n) is 8.14. The van der Waals surface area contributed by atoms with Crippen LogP contribution in [0.4, 0.5) is 34.1 Å². The summed E-state index contributed by atoms with van der Waals surface area (Å²) in [6, 6.07) is 24.4. The van der Waals surface area contributed by atoms with Crippen LogP contribution in [0.5, 0.6) is 11.5 Å². The molecular weight excluding hydrogens is 704 g/mol. The van der Waals surface area contributed by atoms with E-state index in [0.29, 0.717) is 95.2 Å². The van der Waals surface area contributed by atoms with Gasteiger partial charge >= 0.3 is 0 Å². The van der Waals surface area contributed by atoms with Crippen LogP contribution in [0, 0.1) is 11.8 Å². The first-order chi connectivity index (χ1) is 26.6. The van der Waals surface area contributed by atoms with Crippen molar-refractivity contribution in [3.8, 4) is 22.9 Å². The highest BCUT2D eigenvalue weighted by Crippen LogP contribution is 2.41. The summed E-state index contributed by atoms with van der Waals surface area (Å²) in [5.41, 5.74) is 4.72. The molecule has 2 amide bonds. The van der Waals surface area contributed by atoms with Crippen LogP contribution in [0.15, 0.2) is 105 Å². The van der Waals surface area contributed by atoms with Gasteiger partial charge in [-0.1, -0.05) is 12.1 Å². The van der Waals surface area contributed by atoms with Gasteiger partial charge in [-0.3, -0.25) is 9.59 Å². The number of nitrogens with zero attached hydrogens (tertiary/aromatic N) is 10. The summed E-state index contributed by atoms with van der Waals surface area (Å²) in [6.07, 6.45) is 0.983. The summed E-state index contributed by atoms with van der Waals surface area (Å²) < 4.78 is 11.8. The van der Waals surface area contributed by atoms with E-state index in [1.165, 1.54) is 21.3 Å². The number of ether oxygens (including phenoxy) is 2. The Morgan fingerprint density at radius 1 is 0.745 bits per heavy atom. The molecule has 0 aliphatic rings. The molecule has 0 unspecified atom stereocenters. The molecule has 0 saturated heterocycles. The first-order valence-electron chi connectivity index (χ1n) is 17.2. The number of benzene rings is 4. The fourth-order valence-corrected chi connectivity index (χ4v) is 5.09. The molecule has 0 spiro atoms. The highest BCUT2D eigenvalue weighted by Gasteiger charge is 2.13. The molecule has 0 bridgehead atoms. The van der Waals surface area contributed by atoms with Gasteiger partial charge in [0.1, 0.15) is 22.9 Å². The van der Waals surface area contributed by atoms with Crippen molar-refractivity contribution in [3.05, 3.63) is 101 Å². The second-order valence-electron chi connectivity index (χ2n) is 12.1. The van der Waals surface area contributed by atoms with Crippen molar-refractivity contribution in [1.82, 2.24) is 31.0 Å². The van der Waals surface area contributed by atoms with Gasteiger partial charge in [0.2, 0.25) is 11.7 Å². The molecule has 1 aromatic heterocycles. The highest BCUT2D eigenvalue weighted by atomic mass is 16.5. The molecule has 4 aromatic carbocycles. The predicted octanol–water partition coefficient (Wildman–Crippen LogP) is 6.89. The van der Waals surface area contributed by atoms with Crippen molar-refractivity contribution in [2.75, 3.05) is 52.8 Å². The van der Waals surface area contributed by atoms with E-state index in [-0.39, 0.29) is 11.8 Å². The van der Waals surface area contributed by atoms with Gasteiger partial charge in [-0.2, -0.15) is 10.2 Å². The maximum Gasteiger partial charge on any atom is 0.255 e. The van der Waals surface area contributed by atoms with Gasteiger partial charge in [0.15, 0.2) is 12.9 Å². The number of amides is 2. The zero-order valence-corrected chi connectivity index (χ0v) is 31.1. The number of anilines is 1. The molecule has 0 aliphatic carbocycles. The SMILES string of the molecule is COc1cc(N=Nc2ccc([N+](C)=O)cc2)c(OC)cc1N=Nc1ccc(N(C)CCCC(=O)NCCNC(=O)c2ccc(-c3nnc(C)nn3)cc2)cc1. The average molecular weight is 746 g/mol. The molecule has 5 rings (SSSR count). The molecule has 1 heterocycles. The number of carbonyl (C=O) groups excluding carboxylic acids is 2. The summed E-state index contributed by atoms with van der Waals surface area (Å²) in [5, 5.41) is 38.7. The van der Waals surface area contributed by atoms with E-state index >= 15 is 0 Å². The van der Waals surface area contributed by atoms with Crippen molar-refractivity contribution in [3.63, 3.8) is 0 Å². The van der Waals surface area contributed by atoms with E-state index in [1.54, 1.807) is 67.6 Å². The Morgan fingerprint density at radius 2 is 1.29 bits per heavy atom. The molecule has 0 fully saturated rings. The fraction of sp³-hybridized carbons (Fsp3) is 0.263. The molecule has 0 atom stereocenters. The Labute approximate surface area is 317 Å². The zero-order chi connectivity index (χ0) is 39.2. The second-order valence-corrected chi connectivity index (χ2v) is 12.1. The van der Waals surface area contributed by atoms with E-state index in [4.69, 9.17) is 9.47 Å². The molecular formula is C38H41N12O5+. The van der Waals surface area contributed by atoms with Gasteiger partial charge in [0.25, 0.3) is 11.6 Å². The Bertz CT molecular complexity index is 2140. The largest absolute Gasteiger partial charge is 0.494 e. The van der Waals surface area contributed by atoms with Crippen molar-refractivity contribution in [1.29, 1.82) is 0 Å². The van der Waals surface area contributed by atoms with E-state index in [0.717, 1.165) is 10.4 Å². The Balaban J connectivity index is 1.04. The minimum Gasteiger partial charge on any atom is -0.494 e. The van der Waals surface area contributed by atoms with Gasteiger partial charge < -0.3 is 25.0 Å². The van der Waals surface area contributed by atoms with Crippen molar-refractivity contribution in [2.24, 2.45) is 20.5 Å². The number of aromatic nitrogens is 4. The lowest BCUT2D eigenvalue weighted by Crippen LogP contribution is -2.34. The number of hydrogen-bond acceptors (Lipinski definition) is 14. The molecule has 282 valence electrons. The maximum atomic E-state index is 12.5. The molecule has 55 heavy (non-hydrogen) atoms. The number of nitroso groups, excluding NO2 is 1. The summed E-state index contributed by atoms with van der Waals surface area (Å²) in [7, 11) is 6.42. The second kappa shape index (κ2) is 19.2. The fourth-order valence-electron chi connectivity index (χ4n) is 5.09. The number of nitrogens with one attached hydrogen (secondary N) is 2. The number of carbonyl (C=O) groups is 2. The van der Waals surface area contributed by atoms with Crippen molar-refractivity contribution in [2.45, 2.75) is 19.8 Å². The number of methoxy groups -OCH3 is 2. The molecule has 0 saturated carbocycles. The van der Waals surface area contributed by atoms with E-state index in [2.05, 4.69) is 56.4 Å². The van der Waals surface area contributed by atoms with Crippen molar-refractivity contribution >= 4 is 45.9 Å². The van der Waals surface area contributed by atoms with E-state index in [9.17, 15) is 14.5 Å². The van der Waals surface area contributed by atoms with Crippen LogP contribution in [0.1, 0.15) is 29.0 Å². The van der Waals surface area contributed by atoms with Crippen LogP contribution in [0.3, 0.4) is 0 Å². The summed E-state index contributed by atoms with van der Waals surface area (Å²) >= 11 is 0. The molecule has 0 radical (unpaired) electrons. The number of rotatable bonds is 17. The number of aryl methyl sites for hydroxylation is 1. The lowest BCUT2D eigenvalue weighted by molar-refractivity contribution is -0.428. The van der Waals surface area contributed by atoms with Crippen LogP contribution < -0.4 is 25.0 Å². The minimum absolute atomic E-state index is 0.0917. The Morgan fingerprint density at radius 3 is 1.84 bits per heavy atom. The van der Waals surface area contributed by atoms with Crippen LogP contribution in [0.2, 0.25) is 0 Å². The minimum atomic E-state index is -0.250. The van der Waals surface area contributed by atoms with Gasteiger partial charge in [-0.15, -0.1) is 30.6 Å². The topological polar surface area (TPSA) is 201 Å². The van der Waals surface area contributed by atoms with Gasteiger partial charge in [-0.05, 0) is 61.9 Å². The molecule has 17 nitrogen and oxygen atoms in total. The molecule has 2 N–H and O–H groups in total. The van der Waals surface area contributed by atoms with E-state index in [1.807, 2.05) is 31.3 Å². The lowest BCUT2D eigenvalue weighted by atomic mass is 10.1. The van der Waals surface area contributed by atoms with Gasteiger partial charge in [0.05, 0.1) is 25.6 Å². The molecule has 17 heteroatoms.